The molecule has 0 saturated carbocycles. The number of aromatic nitrogens is 1. The summed E-state index contributed by atoms with van der Waals surface area (Å²) < 4.78 is 5.59. The Kier molecular flexibility index (Phi) is 4.76. The molecule has 3 rings (SSSR count). The van der Waals surface area contributed by atoms with Gasteiger partial charge in [0.1, 0.15) is 10.7 Å². The zero-order valence-electron chi connectivity index (χ0n) is 12.2. The van der Waals surface area contributed by atoms with Gasteiger partial charge in [-0.2, -0.15) is 0 Å². The van der Waals surface area contributed by atoms with E-state index in [0.717, 1.165) is 30.0 Å². The lowest BCUT2D eigenvalue weighted by Crippen LogP contribution is -2.40. The molecular weight excluding hydrogens is 320 g/mol. The predicted octanol–water partition coefficient (Wildman–Crippen LogP) is 3.76. The molecular formula is C16H17ClN2O2S. The first-order valence-electron chi connectivity index (χ1n) is 7.27. The molecule has 1 saturated heterocycles. The van der Waals surface area contributed by atoms with Crippen molar-refractivity contribution in [3.63, 3.8) is 0 Å². The number of ether oxygens (including phenoxy) is 1. The summed E-state index contributed by atoms with van der Waals surface area (Å²) in [6.45, 7) is 2.75. The Morgan fingerprint density at radius 2 is 2.23 bits per heavy atom. The number of amides is 1. The Morgan fingerprint density at radius 3 is 2.91 bits per heavy atom. The maximum Gasteiger partial charge on any atom is 0.271 e. The molecule has 1 aliphatic heterocycles. The van der Waals surface area contributed by atoms with Crippen LogP contribution >= 0.6 is 22.9 Å². The maximum atomic E-state index is 12.3. The Labute approximate surface area is 138 Å². The molecule has 22 heavy (non-hydrogen) atoms. The van der Waals surface area contributed by atoms with Gasteiger partial charge in [-0.15, -0.1) is 11.3 Å². The quantitative estimate of drug-likeness (QED) is 0.924. The standard InChI is InChI=1S/C16H17ClN2O2S/c1-10(14-3-2-8-21-14)18-15(20)13-9-22-16(19-13)11-4-6-12(17)7-5-11/h4-7,9-10,14H,2-3,8H2,1H3,(H,18,20)/t10-,14+/m0/s1. The molecule has 116 valence electrons. The molecule has 0 bridgehead atoms. The van der Waals surface area contributed by atoms with Crippen molar-refractivity contribution in [3.8, 4) is 10.6 Å². The first-order valence-corrected chi connectivity index (χ1v) is 8.53. The first kappa shape index (κ1) is 15.5. The molecule has 1 amide bonds. The maximum absolute atomic E-state index is 12.3. The van der Waals surface area contributed by atoms with E-state index in [2.05, 4.69) is 10.3 Å². The number of halogens is 1. The highest BCUT2D eigenvalue weighted by molar-refractivity contribution is 7.13. The monoisotopic (exact) mass is 336 g/mol. The number of hydrogen-bond acceptors (Lipinski definition) is 4. The molecule has 0 spiro atoms. The number of benzene rings is 1. The molecule has 1 fully saturated rings. The van der Waals surface area contributed by atoms with Crippen LogP contribution in [0.5, 0.6) is 0 Å². The van der Waals surface area contributed by atoms with Crippen molar-refractivity contribution >= 4 is 28.8 Å². The summed E-state index contributed by atoms with van der Waals surface area (Å²) >= 11 is 7.33. The number of nitrogens with zero attached hydrogens (tertiary/aromatic N) is 1. The second kappa shape index (κ2) is 6.77. The lowest BCUT2D eigenvalue weighted by molar-refractivity contribution is 0.0710. The molecule has 1 aromatic carbocycles. The second-order valence-corrected chi connectivity index (χ2v) is 6.65. The minimum atomic E-state index is -0.153. The van der Waals surface area contributed by atoms with Crippen LogP contribution in [-0.2, 0) is 4.74 Å². The topological polar surface area (TPSA) is 51.2 Å². The third-order valence-corrected chi connectivity index (χ3v) is 4.85. The zero-order chi connectivity index (χ0) is 15.5. The van der Waals surface area contributed by atoms with Crippen LogP contribution in [0.15, 0.2) is 29.6 Å². The SMILES string of the molecule is C[C@H](NC(=O)c1csc(-c2ccc(Cl)cc2)n1)[C@H]1CCCO1. The molecule has 1 aromatic heterocycles. The molecule has 1 N–H and O–H groups in total. The van der Waals surface area contributed by atoms with E-state index in [1.165, 1.54) is 11.3 Å². The van der Waals surface area contributed by atoms with E-state index in [0.29, 0.717) is 10.7 Å². The number of carbonyl (C=O) groups is 1. The van der Waals surface area contributed by atoms with Gasteiger partial charge in [0.2, 0.25) is 0 Å². The Morgan fingerprint density at radius 1 is 1.45 bits per heavy atom. The molecule has 0 aliphatic carbocycles. The van der Waals surface area contributed by atoms with Gasteiger partial charge >= 0.3 is 0 Å². The van der Waals surface area contributed by atoms with Crippen molar-refractivity contribution < 1.29 is 9.53 Å². The summed E-state index contributed by atoms with van der Waals surface area (Å²) in [7, 11) is 0. The molecule has 2 atom stereocenters. The molecule has 2 heterocycles. The smallest absolute Gasteiger partial charge is 0.271 e. The highest BCUT2D eigenvalue weighted by Gasteiger charge is 2.24. The van der Waals surface area contributed by atoms with Crippen molar-refractivity contribution in [2.45, 2.75) is 31.9 Å². The van der Waals surface area contributed by atoms with Crippen molar-refractivity contribution in [2.24, 2.45) is 0 Å². The summed E-state index contributed by atoms with van der Waals surface area (Å²) in [5.41, 5.74) is 1.40. The third-order valence-electron chi connectivity index (χ3n) is 3.71. The average molecular weight is 337 g/mol. The summed E-state index contributed by atoms with van der Waals surface area (Å²) in [4.78, 5) is 16.7. The number of hydrogen-bond donors (Lipinski definition) is 1. The van der Waals surface area contributed by atoms with Gasteiger partial charge in [-0.1, -0.05) is 23.7 Å². The number of thiazole rings is 1. The normalized spacial score (nSPS) is 19.1. The number of rotatable bonds is 4. The van der Waals surface area contributed by atoms with Crippen LogP contribution < -0.4 is 5.32 Å². The van der Waals surface area contributed by atoms with Gasteiger partial charge < -0.3 is 10.1 Å². The van der Waals surface area contributed by atoms with E-state index < -0.39 is 0 Å². The van der Waals surface area contributed by atoms with Crippen molar-refractivity contribution in [3.05, 3.63) is 40.4 Å². The number of carbonyl (C=O) groups excluding carboxylic acids is 1. The van der Waals surface area contributed by atoms with E-state index in [-0.39, 0.29) is 18.1 Å². The van der Waals surface area contributed by atoms with Crippen molar-refractivity contribution in [2.75, 3.05) is 6.61 Å². The zero-order valence-corrected chi connectivity index (χ0v) is 13.8. The highest BCUT2D eigenvalue weighted by Crippen LogP contribution is 2.25. The van der Waals surface area contributed by atoms with Crippen LogP contribution in [0, 0.1) is 0 Å². The van der Waals surface area contributed by atoms with Gasteiger partial charge in [0, 0.05) is 22.6 Å². The Bertz CT molecular complexity index is 650. The first-order chi connectivity index (χ1) is 10.6. The van der Waals surface area contributed by atoms with Crippen molar-refractivity contribution in [1.29, 1.82) is 0 Å². The molecule has 4 nitrogen and oxygen atoms in total. The van der Waals surface area contributed by atoms with Gasteiger partial charge in [-0.3, -0.25) is 4.79 Å². The second-order valence-electron chi connectivity index (χ2n) is 5.36. The highest BCUT2D eigenvalue weighted by atomic mass is 35.5. The fourth-order valence-corrected chi connectivity index (χ4v) is 3.41. The third kappa shape index (κ3) is 3.48. The fourth-order valence-electron chi connectivity index (χ4n) is 2.47. The van der Waals surface area contributed by atoms with Gasteiger partial charge in [-0.05, 0) is 31.9 Å². The minimum Gasteiger partial charge on any atom is -0.376 e. The number of nitrogens with one attached hydrogen (secondary N) is 1. The molecule has 2 aromatic rings. The Balaban J connectivity index is 1.67. The minimum absolute atomic E-state index is 0.00400. The van der Waals surface area contributed by atoms with E-state index in [1.54, 1.807) is 5.38 Å². The van der Waals surface area contributed by atoms with Gasteiger partial charge in [0.05, 0.1) is 12.1 Å². The molecule has 6 heteroatoms. The van der Waals surface area contributed by atoms with Gasteiger partial charge in [-0.25, -0.2) is 4.98 Å². The molecule has 1 aliphatic rings. The average Bonchev–Trinajstić information content (AvgIpc) is 3.20. The van der Waals surface area contributed by atoms with E-state index in [1.807, 2.05) is 31.2 Å². The van der Waals surface area contributed by atoms with Crippen LogP contribution in [0.2, 0.25) is 5.02 Å². The van der Waals surface area contributed by atoms with E-state index >= 15 is 0 Å². The Hall–Kier alpha value is -1.43. The molecule has 0 unspecified atom stereocenters. The summed E-state index contributed by atoms with van der Waals surface area (Å²) in [5.74, 6) is -0.153. The van der Waals surface area contributed by atoms with Gasteiger partial charge in [0.25, 0.3) is 5.91 Å². The lowest BCUT2D eigenvalue weighted by atomic mass is 10.1. The van der Waals surface area contributed by atoms with Crippen molar-refractivity contribution in [1.82, 2.24) is 10.3 Å². The van der Waals surface area contributed by atoms with Crippen LogP contribution in [0.25, 0.3) is 10.6 Å². The van der Waals surface area contributed by atoms with Crippen LogP contribution in [0.3, 0.4) is 0 Å². The van der Waals surface area contributed by atoms with Gasteiger partial charge in [0.15, 0.2) is 0 Å². The van der Waals surface area contributed by atoms with Crippen LogP contribution in [-0.4, -0.2) is 29.6 Å². The largest absolute Gasteiger partial charge is 0.376 e. The summed E-state index contributed by atoms with van der Waals surface area (Å²) in [6, 6.07) is 7.43. The van der Waals surface area contributed by atoms with E-state index in [9.17, 15) is 4.79 Å². The van der Waals surface area contributed by atoms with Crippen LogP contribution in [0.1, 0.15) is 30.3 Å². The lowest BCUT2D eigenvalue weighted by Gasteiger charge is -2.19. The fraction of sp³-hybridized carbons (Fsp3) is 0.375. The summed E-state index contributed by atoms with van der Waals surface area (Å²) in [6.07, 6.45) is 2.16. The molecule has 0 radical (unpaired) electrons. The van der Waals surface area contributed by atoms with E-state index in [4.69, 9.17) is 16.3 Å². The predicted molar refractivity (Wildman–Crippen MR) is 88.5 cm³/mol. The van der Waals surface area contributed by atoms with Crippen LogP contribution in [0.4, 0.5) is 0 Å². The summed E-state index contributed by atoms with van der Waals surface area (Å²) in [5, 5.41) is 6.25.